The average Bonchev–Trinajstić information content (AvgIpc) is 3.27. The van der Waals surface area contributed by atoms with Crippen LogP contribution in [0.1, 0.15) is 33.9 Å². The van der Waals surface area contributed by atoms with E-state index in [0.29, 0.717) is 5.75 Å². The van der Waals surface area contributed by atoms with Gasteiger partial charge in [-0.05, 0) is 48.2 Å². The first-order valence-electron chi connectivity index (χ1n) is 11.3. The third kappa shape index (κ3) is 6.27. The largest absolute Gasteiger partial charge is 0.417 e. The van der Waals surface area contributed by atoms with Crippen molar-refractivity contribution in [2.24, 2.45) is 0 Å². The molecule has 0 aromatic heterocycles. The van der Waals surface area contributed by atoms with E-state index in [9.17, 15) is 14.4 Å². The van der Waals surface area contributed by atoms with Crippen LogP contribution in [0.3, 0.4) is 0 Å². The molecular formula is C26H24Cl2N4O4. The Morgan fingerprint density at radius 3 is 2.42 bits per heavy atom. The van der Waals surface area contributed by atoms with E-state index in [1.54, 1.807) is 30.3 Å². The van der Waals surface area contributed by atoms with E-state index in [-0.39, 0.29) is 46.5 Å². The summed E-state index contributed by atoms with van der Waals surface area (Å²) in [7, 11) is 0. The van der Waals surface area contributed by atoms with Gasteiger partial charge in [0.15, 0.2) is 0 Å². The van der Waals surface area contributed by atoms with Gasteiger partial charge in [0, 0.05) is 13.1 Å². The number of fused-ring (bicyclic) bond motifs is 1. The second-order valence-electron chi connectivity index (χ2n) is 8.06. The topological polar surface area (TPSA) is 109 Å². The van der Waals surface area contributed by atoms with Crippen molar-refractivity contribution in [2.75, 3.05) is 18.4 Å². The van der Waals surface area contributed by atoms with Gasteiger partial charge in [-0.15, -0.1) is 0 Å². The van der Waals surface area contributed by atoms with E-state index in [0.717, 1.165) is 18.4 Å². The van der Waals surface area contributed by atoms with Crippen LogP contribution in [0.25, 0.3) is 0 Å². The molecule has 0 spiro atoms. The molecule has 4 amide bonds. The van der Waals surface area contributed by atoms with Crippen LogP contribution in [0.2, 0.25) is 10.0 Å². The van der Waals surface area contributed by atoms with E-state index < -0.39 is 12.0 Å². The number of para-hydroxylation sites is 1. The monoisotopic (exact) mass is 526 g/mol. The molecule has 0 saturated heterocycles. The van der Waals surface area contributed by atoms with Crippen LogP contribution in [0.15, 0.2) is 66.7 Å². The fraction of sp³-hybridized carbons (Fsp3) is 0.192. The molecule has 0 fully saturated rings. The number of hydrogen-bond donors (Lipinski definition) is 4. The van der Waals surface area contributed by atoms with E-state index in [1.165, 1.54) is 17.7 Å². The Balaban J connectivity index is 1.27. The van der Waals surface area contributed by atoms with Crippen molar-refractivity contribution in [1.82, 2.24) is 16.0 Å². The van der Waals surface area contributed by atoms with Crippen molar-refractivity contribution < 1.29 is 19.1 Å². The number of halogens is 2. The highest BCUT2D eigenvalue weighted by atomic mass is 35.5. The summed E-state index contributed by atoms with van der Waals surface area (Å²) in [6.07, 6.45) is 1.01. The van der Waals surface area contributed by atoms with Gasteiger partial charge in [-0.1, -0.05) is 65.7 Å². The normalized spacial score (nSPS) is 13.9. The highest BCUT2D eigenvalue weighted by Crippen LogP contribution is 2.32. The fourth-order valence-electron chi connectivity index (χ4n) is 3.95. The van der Waals surface area contributed by atoms with Crippen LogP contribution in [0, 0.1) is 0 Å². The van der Waals surface area contributed by atoms with Crippen molar-refractivity contribution in [3.8, 4) is 5.75 Å². The van der Waals surface area contributed by atoms with Crippen LogP contribution < -0.4 is 26.0 Å². The Bertz CT molecular complexity index is 1270. The molecule has 3 aromatic carbocycles. The molecule has 0 heterocycles. The van der Waals surface area contributed by atoms with Gasteiger partial charge >= 0.3 is 12.1 Å². The molecule has 0 unspecified atom stereocenters. The standard InChI is InChI=1S/C26H24Cl2N4O4/c27-19-11-13-21(32-26(35)36-17-7-2-1-3-8-17)23(28)22(19)24(33)29-14-15-30-25(34)31-20-12-10-16-6-4-5-9-18(16)20/h1-9,11,13,20H,10,12,14-15H2,(H,29,33)(H,32,35)(H2,30,31,34)/t20-/m1/s1. The number of amides is 4. The lowest BCUT2D eigenvalue weighted by Crippen LogP contribution is -2.41. The lowest BCUT2D eigenvalue weighted by Gasteiger charge is -2.15. The Morgan fingerprint density at radius 1 is 0.889 bits per heavy atom. The molecule has 186 valence electrons. The predicted molar refractivity (Wildman–Crippen MR) is 139 cm³/mol. The highest BCUT2D eigenvalue weighted by Gasteiger charge is 2.23. The number of ether oxygens (including phenoxy) is 1. The number of hydrogen-bond acceptors (Lipinski definition) is 4. The van der Waals surface area contributed by atoms with Gasteiger partial charge in [0.2, 0.25) is 0 Å². The molecule has 0 saturated carbocycles. The number of benzene rings is 3. The molecule has 36 heavy (non-hydrogen) atoms. The summed E-state index contributed by atoms with van der Waals surface area (Å²) in [5, 5.41) is 11.0. The quantitative estimate of drug-likeness (QED) is 0.312. The molecule has 1 aliphatic carbocycles. The third-order valence-electron chi connectivity index (χ3n) is 5.64. The lowest BCUT2D eigenvalue weighted by atomic mass is 10.1. The number of rotatable bonds is 7. The van der Waals surface area contributed by atoms with Gasteiger partial charge < -0.3 is 20.7 Å². The van der Waals surface area contributed by atoms with Crippen molar-refractivity contribution >= 4 is 46.9 Å². The first-order chi connectivity index (χ1) is 17.4. The maximum absolute atomic E-state index is 12.7. The summed E-state index contributed by atoms with van der Waals surface area (Å²) < 4.78 is 5.18. The SMILES string of the molecule is O=C(NCCNC(=O)c1c(Cl)ccc(NC(=O)Oc2ccccc2)c1Cl)N[C@@H]1CCc2ccccc21. The second-order valence-corrected chi connectivity index (χ2v) is 8.84. The number of carbonyl (C=O) groups excluding carboxylic acids is 3. The maximum Gasteiger partial charge on any atom is 0.417 e. The first kappa shape index (κ1) is 25.3. The van der Waals surface area contributed by atoms with E-state index >= 15 is 0 Å². The van der Waals surface area contributed by atoms with Gasteiger partial charge in [0.1, 0.15) is 5.75 Å². The van der Waals surface area contributed by atoms with Crippen LogP contribution in [-0.4, -0.2) is 31.1 Å². The van der Waals surface area contributed by atoms with E-state index in [2.05, 4.69) is 27.3 Å². The van der Waals surface area contributed by atoms with Crippen molar-refractivity contribution in [3.05, 3.63) is 93.5 Å². The molecule has 10 heteroatoms. The summed E-state index contributed by atoms with van der Waals surface area (Å²) in [6.45, 7) is 0.344. The van der Waals surface area contributed by atoms with Gasteiger partial charge in [-0.3, -0.25) is 10.1 Å². The Morgan fingerprint density at radius 2 is 1.61 bits per heavy atom. The molecule has 3 aromatic rings. The molecule has 0 radical (unpaired) electrons. The van der Waals surface area contributed by atoms with Gasteiger partial charge in [-0.2, -0.15) is 0 Å². The molecule has 1 aliphatic rings. The molecule has 0 bridgehead atoms. The van der Waals surface area contributed by atoms with Crippen LogP contribution in [0.5, 0.6) is 5.75 Å². The van der Waals surface area contributed by atoms with Gasteiger partial charge in [0.05, 0.1) is 27.3 Å². The van der Waals surface area contributed by atoms with Crippen LogP contribution in [-0.2, 0) is 6.42 Å². The number of aryl methyl sites for hydroxylation is 1. The second kappa shape index (κ2) is 11.8. The minimum Gasteiger partial charge on any atom is -0.410 e. The Hall–Kier alpha value is -3.75. The molecule has 0 aliphatic heterocycles. The minimum atomic E-state index is -0.767. The Labute approximate surface area is 218 Å². The third-order valence-corrected chi connectivity index (χ3v) is 6.35. The van der Waals surface area contributed by atoms with Crippen molar-refractivity contribution in [3.63, 3.8) is 0 Å². The van der Waals surface area contributed by atoms with Crippen molar-refractivity contribution in [1.29, 1.82) is 0 Å². The summed E-state index contributed by atoms with van der Waals surface area (Å²) in [5.41, 5.74) is 2.55. The summed E-state index contributed by atoms with van der Waals surface area (Å²) in [6, 6.07) is 19.1. The predicted octanol–water partition coefficient (Wildman–Crippen LogP) is 5.32. The molecule has 1 atom stereocenters. The summed E-state index contributed by atoms with van der Waals surface area (Å²) >= 11 is 12.6. The number of anilines is 1. The molecular weight excluding hydrogens is 503 g/mol. The zero-order valence-corrected chi connectivity index (χ0v) is 20.7. The first-order valence-corrected chi connectivity index (χ1v) is 12.1. The zero-order chi connectivity index (χ0) is 25.5. The summed E-state index contributed by atoms with van der Waals surface area (Å²) in [4.78, 5) is 37.2. The number of urea groups is 1. The van der Waals surface area contributed by atoms with Gasteiger partial charge in [-0.25, -0.2) is 9.59 Å². The maximum atomic E-state index is 12.7. The van der Waals surface area contributed by atoms with Gasteiger partial charge in [0.25, 0.3) is 5.91 Å². The van der Waals surface area contributed by atoms with E-state index in [1.807, 2.05) is 18.2 Å². The van der Waals surface area contributed by atoms with Crippen LogP contribution >= 0.6 is 23.2 Å². The zero-order valence-electron chi connectivity index (χ0n) is 19.1. The van der Waals surface area contributed by atoms with Crippen molar-refractivity contribution in [2.45, 2.75) is 18.9 Å². The van der Waals surface area contributed by atoms with Crippen LogP contribution in [0.4, 0.5) is 15.3 Å². The number of carbonyl (C=O) groups is 3. The molecule has 4 rings (SSSR count). The minimum absolute atomic E-state index is 0.00265. The average molecular weight is 527 g/mol. The highest BCUT2D eigenvalue weighted by molar-refractivity contribution is 6.41. The summed E-state index contributed by atoms with van der Waals surface area (Å²) in [5.74, 6) is -0.191. The molecule has 8 nitrogen and oxygen atoms in total. The number of nitrogens with one attached hydrogen (secondary N) is 4. The fourth-order valence-corrected chi connectivity index (χ4v) is 4.53. The van der Waals surface area contributed by atoms with E-state index in [4.69, 9.17) is 27.9 Å². The lowest BCUT2D eigenvalue weighted by molar-refractivity contribution is 0.0954. The smallest absolute Gasteiger partial charge is 0.410 e. The Kier molecular flexibility index (Phi) is 8.30. The molecule has 4 N–H and O–H groups in total.